The monoisotopic (exact) mass is 183 g/mol. The molecular formula is C11H21NO. The molecule has 76 valence electrons. The number of nitrogens with zero attached hydrogens (tertiary/aromatic N) is 1. The summed E-state index contributed by atoms with van der Waals surface area (Å²) in [4.78, 5) is 13.7. The van der Waals surface area contributed by atoms with Crippen LogP contribution in [0.1, 0.15) is 40.5 Å². The third-order valence-corrected chi connectivity index (χ3v) is 2.94. The minimum Gasteiger partial charge on any atom is -0.300 e. The van der Waals surface area contributed by atoms with Crippen LogP contribution in [0, 0.1) is 5.92 Å². The summed E-state index contributed by atoms with van der Waals surface area (Å²) in [5.41, 5.74) is 0.216. The highest BCUT2D eigenvalue weighted by Gasteiger charge is 2.29. The second kappa shape index (κ2) is 3.79. The van der Waals surface area contributed by atoms with Gasteiger partial charge in [0.1, 0.15) is 5.78 Å². The Morgan fingerprint density at radius 2 is 2.00 bits per heavy atom. The van der Waals surface area contributed by atoms with Crippen molar-refractivity contribution in [2.24, 2.45) is 5.92 Å². The molecule has 2 nitrogen and oxygen atoms in total. The lowest BCUT2D eigenvalue weighted by molar-refractivity contribution is -0.123. The number of hydrogen-bond donors (Lipinski definition) is 0. The summed E-state index contributed by atoms with van der Waals surface area (Å²) in [6.07, 6.45) is 2.25. The van der Waals surface area contributed by atoms with Crippen molar-refractivity contribution in [3.8, 4) is 0 Å². The maximum absolute atomic E-state index is 11.2. The quantitative estimate of drug-likeness (QED) is 0.620. The Kier molecular flexibility index (Phi) is 3.12. The maximum Gasteiger partial charge on any atom is 0.134 e. The van der Waals surface area contributed by atoms with Crippen LogP contribution in [-0.4, -0.2) is 29.3 Å². The molecule has 0 aromatic heterocycles. The molecule has 0 radical (unpaired) electrons. The predicted octanol–water partition coefficient (Wildman–Crippen LogP) is 2.09. The van der Waals surface area contributed by atoms with Gasteiger partial charge < -0.3 is 0 Å². The predicted molar refractivity (Wildman–Crippen MR) is 54.7 cm³/mol. The Morgan fingerprint density at radius 3 is 2.46 bits per heavy atom. The lowest BCUT2D eigenvalue weighted by Crippen LogP contribution is -2.48. The number of hydrogen-bond acceptors (Lipinski definition) is 2. The van der Waals surface area contributed by atoms with E-state index in [1.54, 1.807) is 6.92 Å². The first-order chi connectivity index (χ1) is 5.91. The number of Topliss-reactive ketones (excluding diaryl/α,β-unsaturated/α-hetero) is 1. The lowest BCUT2D eigenvalue weighted by atomic mass is 9.91. The van der Waals surface area contributed by atoms with Crippen molar-refractivity contribution in [3.05, 3.63) is 0 Å². The molecule has 13 heavy (non-hydrogen) atoms. The highest BCUT2D eigenvalue weighted by atomic mass is 16.1. The molecule has 1 aliphatic heterocycles. The van der Waals surface area contributed by atoms with Crippen LogP contribution in [0.2, 0.25) is 0 Å². The number of carbonyl (C=O) groups excluding carboxylic acids is 1. The molecule has 1 aliphatic rings. The molecule has 2 heteroatoms. The molecular weight excluding hydrogens is 162 g/mol. The molecule has 0 saturated carbocycles. The highest BCUT2D eigenvalue weighted by molar-refractivity contribution is 5.78. The van der Waals surface area contributed by atoms with Crippen molar-refractivity contribution in [3.63, 3.8) is 0 Å². The Bertz CT molecular complexity index is 193. The molecule has 1 fully saturated rings. The van der Waals surface area contributed by atoms with Gasteiger partial charge in [0.2, 0.25) is 0 Å². The van der Waals surface area contributed by atoms with E-state index in [0.717, 1.165) is 19.5 Å². The van der Waals surface area contributed by atoms with Crippen molar-refractivity contribution in [2.75, 3.05) is 13.1 Å². The van der Waals surface area contributed by atoms with Gasteiger partial charge in [0.05, 0.1) is 0 Å². The van der Waals surface area contributed by atoms with Crippen LogP contribution in [0.5, 0.6) is 0 Å². The molecule has 1 saturated heterocycles. The van der Waals surface area contributed by atoms with Crippen LogP contribution in [0.25, 0.3) is 0 Å². The van der Waals surface area contributed by atoms with Crippen LogP contribution in [0.3, 0.4) is 0 Å². The van der Waals surface area contributed by atoms with Gasteiger partial charge in [-0.15, -0.1) is 0 Å². The van der Waals surface area contributed by atoms with Gasteiger partial charge in [0, 0.05) is 18.0 Å². The van der Waals surface area contributed by atoms with Gasteiger partial charge in [0.15, 0.2) is 0 Å². The Hall–Kier alpha value is -0.370. The number of piperidine rings is 1. The van der Waals surface area contributed by atoms with Crippen molar-refractivity contribution in [1.82, 2.24) is 4.90 Å². The third-order valence-electron chi connectivity index (χ3n) is 2.94. The summed E-state index contributed by atoms with van der Waals surface area (Å²) in [7, 11) is 0. The van der Waals surface area contributed by atoms with E-state index >= 15 is 0 Å². The number of likely N-dealkylation sites (tertiary alicyclic amines) is 1. The largest absolute Gasteiger partial charge is 0.300 e. The average Bonchev–Trinajstić information content (AvgIpc) is 2.03. The number of rotatable bonds is 1. The van der Waals surface area contributed by atoms with Gasteiger partial charge in [-0.05, 0) is 47.1 Å². The van der Waals surface area contributed by atoms with E-state index in [0.29, 0.717) is 5.78 Å². The molecule has 0 amide bonds. The smallest absolute Gasteiger partial charge is 0.134 e. The van der Waals surface area contributed by atoms with E-state index < -0.39 is 0 Å². The van der Waals surface area contributed by atoms with Crippen molar-refractivity contribution < 1.29 is 4.79 Å². The molecule has 0 N–H and O–H groups in total. The van der Waals surface area contributed by atoms with Gasteiger partial charge in [0.25, 0.3) is 0 Å². The zero-order valence-corrected chi connectivity index (χ0v) is 9.26. The standard InChI is InChI=1S/C11H21NO/c1-9(13)10-6-5-7-12(8-10)11(2,3)4/h10H,5-8H2,1-4H3/t10-/m1/s1. The van der Waals surface area contributed by atoms with E-state index in [-0.39, 0.29) is 11.5 Å². The molecule has 0 spiro atoms. The summed E-state index contributed by atoms with van der Waals surface area (Å²) in [6, 6.07) is 0. The molecule has 1 heterocycles. The zero-order valence-electron chi connectivity index (χ0n) is 9.26. The summed E-state index contributed by atoms with van der Waals surface area (Å²) < 4.78 is 0. The second-order valence-electron chi connectivity index (χ2n) is 5.07. The first-order valence-corrected chi connectivity index (χ1v) is 5.17. The summed E-state index contributed by atoms with van der Waals surface area (Å²) in [6.45, 7) is 10.5. The van der Waals surface area contributed by atoms with Gasteiger partial charge in [-0.1, -0.05) is 0 Å². The Labute approximate surface area is 81.3 Å². The molecule has 0 aliphatic carbocycles. The SMILES string of the molecule is CC(=O)[C@@H]1CCCN(C(C)(C)C)C1. The second-order valence-corrected chi connectivity index (χ2v) is 5.07. The van der Waals surface area contributed by atoms with Crippen LogP contribution in [-0.2, 0) is 4.79 Å². The van der Waals surface area contributed by atoms with Crippen molar-refractivity contribution in [2.45, 2.75) is 46.1 Å². The van der Waals surface area contributed by atoms with Crippen LogP contribution >= 0.6 is 0 Å². The molecule has 0 aromatic carbocycles. The van der Waals surface area contributed by atoms with Gasteiger partial charge >= 0.3 is 0 Å². The van der Waals surface area contributed by atoms with Gasteiger partial charge in [-0.2, -0.15) is 0 Å². The average molecular weight is 183 g/mol. The zero-order chi connectivity index (χ0) is 10.1. The first-order valence-electron chi connectivity index (χ1n) is 5.17. The summed E-state index contributed by atoms with van der Waals surface area (Å²) >= 11 is 0. The normalized spacial score (nSPS) is 26.0. The molecule has 1 atom stereocenters. The van der Waals surface area contributed by atoms with Crippen LogP contribution in [0.4, 0.5) is 0 Å². The molecule has 1 rings (SSSR count). The topological polar surface area (TPSA) is 20.3 Å². The maximum atomic E-state index is 11.2. The van der Waals surface area contributed by atoms with E-state index in [9.17, 15) is 4.79 Å². The fourth-order valence-electron chi connectivity index (χ4n) is 1.92. The fourth-order valence-corrected chi connectivity index (χ4v) is 1.92. The van der Waals surface area contributed by atoms with Gasteiger partial charge in [-0.3, -0.25) is 9.69 Å². The molecule has 0 unspecified atom stereocenters. The van der Waals surface area contributed by atoms with Crippen molar-refractivity contribution >= 4 is 5.78 Å². The molecule has 0 bridgehead atoms. The summed E-state index contributed by atoms with van der Waals surface area (Å²) in [5.74, 6) is 0.641. The van der Waals surface area contributed by atoms with Gasteiger partial charge in [-0.25, -0.2) is 0 Å². The number of ketones is 1. The van der Waals surface area contributed by atoms with Crippen molar-refractivity contribution in [1.29, 1.82) is 0 Å². The lowest BCUT2D eigenvalue weighted by Gasteiger charge is -2.40. The number of carbonyl (C=O) groups is 1. The minimum absolute atomic E-state index is 0.216. The van der Waals surface area contributed by atoms with E-state index in [1.807, 2.05) is 0 Å². The third kappa shape index (κ3) is 2.80. The van der Waals surface area contributed by atoms with E-state index in [2.05, 4.69) is 25.7 Å². The Balaban J connectivity index is 2.57. The molecule has 0 aromatic rings. The Morgan fingerprint density at radius 1 is 1.38 bits per heavy atom. The van der Waals surface area contributed by atoms with E-state index in [1.165, 1.54) is 6.42 Å². The fraction of sp³-hybridized carbons (Fsp3) is 0.909. The van der Waals surface area contributed by atoms with Crippen LogP contribution < -0.4 is 0 Å². The summed E-state index contributed by atoms with van der Waals surface area (Å²) in [5, 5.41) is 0. The van der Waals surface area contributed by atoms with E-state index in [4.69, 9.17) is 0 Å². The minimum atomic E-state index is 0.216. The van der Waals surface area contributed by atoms with Crippen LogP contribution in [0.15, 0.2) is 0 Å². The first kappa shape index (κ1) is 10.7. The highest BCUT2D eigenvalue weighted by Crippen LogP contribution is 2.23.